The van der Waals surface area contributed by atoms with Gasteiger partial charge in [0.1, 0.15) is 5.76 Å². The molecule has 0 aliphatic carbocycles. The van der Waals surface area contributed by atoms with Crippen LogP contribution in [0, 0.1) is 11.8 Å². The number of hydrogen-bond acceptors (Lipinski definition) is 4. The number of aromatic nitrogens is 1. The maximum absolute atomic E-state index is 12.8. The van der Waals surface area contributed by atoms with Crippen LogP contribution in [0.2, 0.25) is 0 Å². The van der Waals surface area contributed by atoms with Crippen LogP contribution in [-0.2, 0) is 22.7 Å². The van der Waals surface area contributed by atoms with Crippen molar-refractivity contribution in [3.63, 3.8) is 0 Å². The molecule has 174 valence electrons. The van der Waals surface area contributed by atoms with Crippen LogP contribution in [0.5, 0.6) is 0 Å². The number of nitrogens with zero attached hydrogens (tertiary/aromatic N) is 3. The average molecular weight is 443 g/mol. The van der Waals surface area contributed by atoms with Gasteiger partial charge in [-0.15, -0.1) is 0 Å². The molecule has 0 radical (unpaired) electrons. The van der Waals surface area contributed by atoms with Crippen molar-refractivity contribution in [2.75, 3.05) is 19.6 Å². The van der Waals surface area contributed by atoms with Gasteiger partial charge < -0.3 is 24.5 Å². The summed E-state index contributed by atoms with van der Waals surface area (Å²) in [4.78, 5) is 40.3. The minimum atomic E-state index is -0.299. The lowest BCUT2D eigenvalue weighted by Crippen LogP contribution is -2.41. The average Bonchev–Trinajstić information content (AvgIpc) is 3.42. The number of rotatable bonds is 9. The first-order valence-corrected chi connectivity index (χ1v) is 11.4. The van der Waals surface area contributed by atoms with Gasteiger partial charge in [0.15, 0.2) is 5.76 Å². The molecular formula is C24H34N4O4. The number of carbonyl (C=O) groups excluding carboxylic acids is 3. The summed E-state index contributed by atoms with van der Waals surface area (Å²) in [5.41, 5.74) is 6.39. The van der Waals surface area contributed by atoms with Gasteiger partial charge >= 0.3 is 0 Å². The van der Waals surface area contributed by atoms with Crippen LogP contribution in [0.15, 0.2) is 34.9 Å². The number of likely N-dealkylation sites (tertiary alicyclic amines) is 1. The Morgan fingerprint density at radius 2 is 1.91 bits per heavy atom. The number of amides is 3. The molecule has 1 aliphatic heterocycles. The normalized spacial score (nSPS) is 14.7. The number of hydrogen-bond donors (Lipinski definition) is 1. The monoisotopic (exact) mass is 442 g/mol. The zero-order valence-corrected chi connectivity index (χ0v) is 19.3. The minimum Gasteiger partial charge on any atom is -0.454 e. The molecule has 1 aliphatic rings. The third kappa shape index (κ3) is 5.60. The van der Waals surface area contributed by atoms with Crippen LogP contribution < -0.4 is 5.73 Å². The molecule has 0 saturated carbocycles. The summed E-state index contributed by atoms with van der Waals surface area (Å²) in [7, 11) is 0. The SMILES string of the molecule is CCCN(Cc1cccn1Cc1ccc(C(=O)N2CCC(C(N)=O)CC2)o1)C(=O)C(C)C. The molecule has 2 aromatic heterocycles. The predicted molar refractivity (Wildman–Crippen MR) is 121 cm³/mol. The number of primary amides is 1. The Bertz CT molecular complexity index is 937. The molecule has 0 bridgehead atoms. The lowest BCUT2D eigenvalue weighted by molar-refractivity contribution is -0.135. The number of piperidine rings is 1. The minimum absolute atomic E-state index is 0.0448. The lowest BCUT2D eigenvalue weighted by Gasteiger charge is -2.29. The Morgan fingerprint density at radius 1 is 1.19 bits per heavy atom. The second kappa shape index (κ2) is 10.5. The Balaban J connectivity index is 1.64. The fourth-order valence-corrected chi connectivity index (χ4v) is 4.11. The highest BCUT2D eigenvalue weighted by Gasteiger charge is 2.28. The molecule has 1 fully saturated rings. The van der Waals surface area contributed by atoms with Gasteiger partial charge in [-0.1, -0.05) is 20.8 Å². The van der Waals surface area contributed by atoms with E-state index in [0.717, 1.165) is 12.1 Å². The highest BCUT2D eigenvalue weighted by molar-refractivity contribution is 5.91. The summed E-state index contributed by atoms with van der Waals surface area (Å²) in [6.07, 6.45) is 4.03. The largest absolute Gasteiger partial charge is 0.454 e. The summed E-state index contributed by atoms with van der Waals surface area (Å²) in [6, 6.07) is 7.48. The molecule has 0 spiro atoms. The molecule has 0 aromatic carbocycles. The van der Waals surface area contributed by atoms with Crippen molar-refractivity contribution in [3.8, 4) is 0 Å². The summed E-state index contributed by atoms with van der Waals surface area (Å²) in [6.45, 7) is 8.65. The first-order valence-electron chi connectivity index (χ1n) is 11.4. The fraction of sp³-hybridized carbons (Fsp3) is 0.542. The van der Waals surface area contributed by atoms with E-state index in [9.17, 15) is 14.4 Å². The zero-order valence-electron chi connectivity index (χ0n) is 19.3. The van der Waals surface area contributed by atoms with Crippen molar-refractivity contribution in [2.24, 2.45) is 17.6 Å². The van der Waals surface area contributed by atoms with E-state index in [1.807, 2.05) is 47.7 Å². The van der Waals surface area contributed by atoms with Crippen molar-refractivity contribution >= 4 is 17.7 Å². The first kappa shape index (κ1) is 23.6. The van der Waals surface area contributed by atoms with Crippen molar-refractivity contribution < 1.29 is 18.8 Å². The van der Waals surface area contributed by atoms with Gasteiger partial charge in [-0.3, -0.25) is 14.4 Å². The van der Waals surface area contributed by atoms with Crippen LogP contribution in [0.3, 0.4) is 0 Å². The molecule has 8 nitrogen and oxygen atoms in total. The summed E-state index contributed by atoms with van der Waals surface area (Å²) in [5.74, 6) is 0.454. The molecule has 2 N–H and O–H groups in total. The first-order chi connectivity index (χ1) is 15.3. The molecule has 1 saturated heterocycles. The van der Waals surface area contributed by atoms with Crippen LogP contribution in [0.1, 0.15) is 62.0 Å². The molecule has 3 amide bonds. The van der Waals surface area contributed by atoms with Gasteiger partial charge in [0.2, 0.25) is 11.8 Å². The fourth-order valence-electron chi connectivity index (χ4n) is 4.11. The summed E-state index contributed by atoms with van der Waals surface area (Å²) >= 11 is 0. The standard InChI is InChI=1S/C24H34N4O4/c1-4-11-28(23(30)17(2)3)15-19-6-5-12-27(19)16-20-7-8-21(32-20)24(31)26-13-9-18(10-14-26)22(25)29/h5-8,12,17-18H,4,9-11,13-16H2,1-3H3,(H2,25,29). The van der Waals surface area contributed by atoms with Crippen molar-refractivity contribution in [3.05, 3.63) is 47.7 Å². The summed E-state index contributed by atoms with van der Waals surface area (Å²) < 4.78 is 7.90. The van der Waals surface area contributed by atoms with Crippen LogP contribution in [0.25, 0.3) is 0 Å². The van der Waals surface area contributed by atoms with E-state index in [4.69, 9.17) is 10.2 Å². The molecule has 32 heavy (non-hydrogen) atoms. The molecule has 8 heteroatoms. The molecular weight excluding hydrogens is 408 g/mol. The maximum Gasteiger partial charge on any atom is 0.289 e. The zero-order chi connectivity index (χ0) is 23.3. The van der Waals surface area contributed by atoms with Crippen LogP contribution in [0.4, 0.5) is 0 Å². The van der Waals surface area contributed by atoms with Gasteiger partial charge in [0, 0.05) is 43.4 Å². The van der Waals surface area contributed by atoms with Gasteiger partial charge in [0.25, 0.3) is 5.91 Å². The Morgan fingerprint density at radius 3 is 2.53 bits per heavy atom. The van der Waals surface area contributed by atoms with E-state index in [1.165, 1.54) is 0 Å². The van der Waals surface area contributed by atoms with Gasteiger partial charge in [-0.05, 0) is 43.5 Å². The molecule has 3 heterocycles. The second-order valence-electron chi connectivity index (χ2n) is 8.78. The van der Waals surface area contributed by atoms with E-state index in [0.29, 0.717) is 57.1 Å². The number of furan rings is 1. The van der Waals surface area contributed by atoms with Gasteiger partial charge in [-0.2, -0.15) is 0 Å². The molecule has 0 unspecified atom stereocenters. The van der Waals surface area contributed by atoms with Crippen LogP contribution >= 0.6 is 0 Å². The van der Waals surface area contributed by atoms with Crippen molar-refractivity contribution in [2.45, 2.75) is 53.1 Å². The van der Waals surface area contributed by atoms with Gasteiger partial charge in [-0.25, -0.2) is 0 Å². The maximum atomic E-state index is 12.8. The van der Waals surface area contributed by atoms with E-state index < -0.39 is 0 Å². The third-order valence-electron chi connectivity index (χ3n) is 5.96. The third-order valence-corrected chi connectivity index (χ3v) is 5.96. The van der Waals surface area contributed by atoms with Crippen LogP contribution in [-0.4, -0.2) is 51.7 Å². The number of carbonyl (C=O) groups is 3. The topological polar surface area (TPSA) is 102 Å². The number of nitrogens with two attached hydrogens (primary N) is 1. The Hall–Kier alpha value is -3.03. The van der Waals surface area contributed by atoms with Crippen molar-refractivity contribution in [1.82, 2.24) is 14.4 Å². The van der Waals surface area contributed by atoms with E-state index >= 15 is 0 Å². The second-order valence-corrected chi connectivity index (χ2v) is 8.78. The molecule has 3 rings (SSSR count). The Labute approximate surface area is 189 Å². The smallest absolute Gasteiger partial charge is 0.289 e. The quantitative estimate of drug-likeness (QED) is 0.645. The highest BCUT2D eigenvalue weighted by Crippen LogP contribution is 2.20. The van der Waals surface area contributed by atoms with E-state index in [1.54, 1.807) is 11.0 Å². The van der Waals surface area contributed by atoms with Gasteiger partial charge in [0.05, 0.1) is 13.1 Å². The van der Waals surface area contributed by atoms with Crippen molar-refractivity contribution in [1.29, 1.82) is 0 Å². The molecule has 2 aromatic rings. The van der Waals surface area contributed by atoms with E-state index in [2.05, 4.69) is 6.92 Å². The van der Waals surface area contributed by atoms with E-state index in [-0.39, 0.29) is 29.6 Å². The highest BCUT2D eigenvalue weighted by atomic mass is 16.4. The molecule has 0 atom stereocenters. The lowest BCUT2D eigenvalue weighted by atomic mass is 9.96. The Kier molecular flexibility index (Phi) is 7.77. The predicted octanol–water partition coefficient (Wildman–Crippen LogP) is 2.86. The summed E-state index contributed by atoms with van der Waals surface area (Å²) in [5, 5.41) is 0.